The van der Waals surface area contributed by atoms with Crippen molar-refractivity contribution in [2.75, 3.05) is 27.1 Å². The first-order chi connectivity index (χ1) is 20.6. The molecule has 0 aromatic heterocycles. The second-order valence-corrected chi connectivity index (χ2v) is 14.4. The molecule has 0 aromatic rings. The number of aliphatic hydroxyl groups is 1. The lowest BCUT2D eigenvalue weighted by molar-refractivity contribution is -0.293. The van der Waals surface area contributed by atoms with Crippen molar-refractivity contribution in [3.63, 3.8) is 0 Å². The summed E-state index contributed by atoms with van der Waals surface area (Å²) in [5.74, 6) is -4.82. The quantitative estimate of drug-likeness (QED) is 0.129. The third-order valence-corrected chi connectivity index (χ3v) is 7.53. The van der Waals surface area contributed by atoms with Crippen molar-refractivity contribution in [2.24, 2.45) is 10.9 Å². The number of nitrogens with zero attached hydrogens (tertiary/aromatic N) is 1. The smallest absolute Gasteiger partial charge is 0.414 e. The van der Waals surface area contributed by atoms with Crippen LogP contribution in [0.2, 0.25) is 0 Å². The zero-order valence-electron chi connectivity index (χ0n) is 27.8. The summed E-state index contributed by atoms with van der Waals surface area (Å²) in [6.07, 6.45) is -6.92. The number of alkyl carbamates (subject to hydrolysis) is 2. The summed E-state index contributed by atoms with van der Waals surface area (Å²) in [4.78, 5) is 44.7. The molecule has 45 heavy (non-hydrogen) atoms. The SMILES string of the molecule is COCO[C@@H]1C(=O)O[C@@H]2[C@H](CO)[C@@]1(N=C(NC(=O)OC(C)(C)C)NC(=O)OC(C)(C)C)[C@@H]1OC(C)(C)O[C@@H]1[C@]21COC(C)(C)O1. The number of carbonyl (C=O) groups excluding carboxylic acids is 3. The van der Waals surface area contributed by atoms with Crippen molar-refractivity contribution in [3.05, 3.63) is 0 Å². The monoisotopic (exact) mass is 645 g/mol. The molecular formula is C29H47N3O13. The molecule has 4 rings (SSSR count). The number of guanidine groups is 1. The lowest BCUT2D eigenvalue weighted by Gasteiger charge is -2.59. The highest BCUT2D eigenvalue weighted by atomic mass is 16.8. The first kappa shape index (κ1) is 35.3. The fourth-order valence-electron chi connectivity index (χ4n) is 6.26. The number of hydrogen-bond acceptors (Lipinski definition) is 14. The standard InChI is InChI=1S/C29H47N3O13/c1-24(2,3)43-22(35)30-21(31-23(36)44-25(4,5)6)32-29-15(12-33)16(40-20(34)19(29)38-14-37-11)28(13-39-26(7,8)45-28)17-18(29)42-27(9,10)41-17/h15-19,33H,12-14H2,1-11H3,(H2,30,31,32,35,36)/t15-,16+,17-,18+,19+,28-,29+/m0/s1. The Balaban J connectivity index is 1.95. The number of hydrogen-bond donors (Lipinski definition) is 3. The molecule has 0 radical (unpaired) electrons. The molecule has 0 aromatic carbocycles. The molecule has 2 amide bonds. The van der Waals surface area contributed by atoms with Crippen LogP contribution in [0.15, 0.2) is 4.99 Å². The lowest BCUT2D eigenvalue weighted by Crippen LogP contribution is -2.81. The first-order valence-corrected chi connectivity index (χ1v) is 14.8. The van der Waals surface area contributed by atoms with Gasteiger partial charge >= 0.3 is 18.2 Å². The van der Waals surface area contributed by atoms with Crippen molar-refractivity contribution in [1.82, 2.24) is 10.6 Å². The Labute approximate surface area is 262 Å². The van der Waals surface area contributed by atoms with Crippen molar-refractivity contribution in [1.29, 1.82) is 0 Å². The summed E-state index contributed by atoms with van der Waals surface area (Å²) < 4.78 is 53.1. The number of ether oxygens (including phenoxy) is 9. The first-order valence-electron chi connectivity index (χ1n) is 14.8. The number of rotatable bonds is 5. The number of aliphatic hydroxyl groups excluding tert-OH is 1. The van der Waals surface area contributed by atoms with Gasteiger partial charge in [-0.05, 0) is 69.2 Å². The van der Waals surface area contributed by atoms with Crippen LogP contribution in [0.1, 0.15) is 69.2 Å². The van der Waals surface area contributed by atoms with Gasteiger partial charge in [-0.2, -0.15) is 0 Å². The van der Waals surface area contributed by atoms with Gasteiger partial charge in [-0.25, -0.2) is 19.4 Å². The van der Waals surface area contributed by atoms with E-state index >= 15 is 0 Å². The maximum Gasteiger partial charge on any atom is 0.414 e. The average Bonchev–Trinajstić information content (AvgIpc) is 3.36. The van der Waals surface area contributed by atoms with Gasteiger partial charge in [0.2, 0.25) is 5.96 Å². The highest BCUT2D eigenvalue weighted by Crippen LogP contribution is 2.59. The van der Waals surface area contributed by atoms with E-state index < -0.39 is 95.0 Å². The molecule has 1 aliphatic carbocycles. The zero-order chi connectivity index (χ0) is 33.8. The van der Waals surface area contributed by atoms with Crippen molar-refractivity contribution in [3.8, 4) is 0 Å². The Kier molecular flexibility index (Phi) is 9.31. The topological polar surface area (TPSA) is 191 Å². The number of carbonyl (C=O) groups is 3. The fourth-order valence-corrected chi connectivity index (χ4v) is 6.26. The van der Waals surface area contributed by atoms with E-state index in [4.69, 9.17) is 47.6 Å². The number of fused-ring (bicyclic) bond motifs is 6. The van der Waals surface area contributed by atoms with Crippen molar-refractivity contribution in [2.45, 2.75) is 128 Å². The number of amides is 2. The second kappa shape index (κ2) is 11.9. The second-order valence-electron chi connectivity index (χ2n) is 14.4. The summed E-state index contributed by atoms with van der Waals surface area (Å²) in [6, 6.07) is 0. The average molecular weight is 646 g/mol. The molecule has 4 aliphatic rings. The van der Waals surface area contributed by atoms with Gasteiger partial charge in [-0.15, -0.1) is 0 Å². The highest BCUT2D eigenvalue weighted by molar-refractivity contribution is 6.02. The molecule has 3 aliphatic heterocycles. The Morgan fingerprint density at radius 2 is 1.49 bits per heavy atom. The third-order valence-electron chi connectivity index (χ3n) is 7.53. The number of nitrogens with one attached hydrogen (secondary N) is 2. The van der Waals surface area contributed by atoms with Gasteiger partial charge in [-0.1, -0.05) is 0 Å². The van der Waals surface area contributed by atoms with Crippen LogP contribution < -0.4 is 10.6 Å². The number of esters is 1. The minimum atomic E-state index is -1.91. The molecule has 3 saturated heterocycles. The van der Waals surface area contributed by atoms with Crippen LogP contribution in [0.3, 0.4) is 0 Å². The molecule has 1 spiro atoms. The molecular weight excluding hydrogens is 598 g/mol. The largest absolute Gasteiger partial charge is 0.457 e. The number of aliphatic imine (C=N–C) groups is 1. The van der Waals surface area contributed by atoms with E-state index in [1.807, 2.05) is 0 Å². The maximum absolute atomic E-state index is 13.9. The lowest BCUT2D eigenvalue weighted by atomic mass is 9.58. The van der Waals surface area contributed by atoms with Gasteiger partial charge in [0.15, 0.2) is 23.3 Å². The third kappa shape index (κ3) is 7.06. The Hall–Kier alpha value is -2.60. The molecule has 256 valence electrons. The molecule has 4 fully saturated rings. The van der Waals surface area contributed by atoms with E-state index in [1.165, 1.54) is 7.11 Å². The van der Waals surface area contributed by atoms with E-state index in [0.29, 0.717) is 0 Å². The summed E-state index contributed by atoms with van der Waals surface area (Å²) in [7, 11) is 1.36. The molecule has 16 nitrogen and oxygen atoms in total. The van der Waals surface area contributed by atoms with Crippen LogP contribution in [0.5, 0.6) is 0 Å². The van der Waals surface area contributed by atoms with Gasteiger partial charge in [0.1, 0.15) is 41.8 Å². The van der Waals surface area contributed by atoms with Crippen molar-refractivity contribution < 1.29 is 62.1 Å². The summed E-state index contributed by atoms with van der Waals surface area (Å²) in [5, 5.41) is 15.9. The van der Waals surface area contributed by atoms with Gasteiger partial charge in [0, 0.05) is 7.11 Å². The van der Waals surface area contributed by atoms with E-state index in [0.717, 1.165) is 0 Å². The van der Waals surface area contributed by atoms with E-state index in [9.17, 15) is 19.5 Å². The highest BCUT2D eigenvalue weighted by Gasteiger charge is 2.80. The minimum Gasteiger partial charge on any atom is -0.457 e. The summed E-state index contributed by atoms with van der Waals surface area (Å²) in [5.41, 5.74) is -5.18. The van der Waals surface area contributed by atoms with Crippen LogP contribution in [-0.4, -0.2) is 115 Å². The maximum atomic E-state index is 13.9. The fraction of sp³-hybridized carbons (Fsp3) is 0.862. The molecule has 1 saturated carbocycles. The predicted molar refractivity (Wildman–Crippen MR) is 154 cm³/mol. The van der Waals surface area contributed by atoms with Gasteiger partial charge in [0.25, 0.3) is 0 Å². The van der Waals surface area contributed by atoms with Crippen LogP contribution in [0, 0.1) is 5.92 Å². The van der Waals surface area contributed by atoms with Crippen molar-refractivity contribution >= 4 is 24.1 Å². The van der Waals surface area contributed by atoms with Crippen LogP contribution in [0.25, 0.3) is 0 Å². The van der Waals surface area contributed by atoms with Crippen LogP contribution in [0.4, 0.5) is 9.59 Å². The van der Waals surface area contributed by atoms with Crippen LogP contribution >= 0.6 is 0 Å². The zero-order valence-corrected chi connectivity index (χ0v) is 27.8. The summed E-state index contributed by atoms with van der Waals surface area (Å²) >= 11 is 0. The predicted octanol–water partition coefficient (Wildman–Crippen LogP) is 1.71. The number of methoxy groups -OCH3 is 1. The summed E-state index contributed by atoms with van der Waals surface area (Å²) in [6.45, 7) is 15.6. The molecule has 3 heterocycles. The molecule has 3 N–H and O–H groups in total. The van der Waals surface area contributed by atoms with Gasteiger partial charge < -0.3 is 47.7 Å². The Bertz CT molecular complexity index is 1160. The van der Waals surface area contributed by atoms with Gasteiger partial charge in [0.05, 0.1) is 19.1 Å². The Morgan fingerprint density at radius 3 is 1.96 bits per heavy atom. The molecule has 16 heteroatoms. The van der Waals surface area contributed by atoms with E-state index in [-0.39, 0.29) is 13.4 Å². The molecule has 7 atom stereocenters. The normalized spacial score (nSPS) is 34.8. The Morgan fingerprint density at radius 1 is 0.933 bits per heavy atom. The molecule has 2 bridgehead atoms. The molecule has 0 unspecified atom stereocenters. The van der Waals surface area contributed by atoms with Crippen LogP contribution in [-0.2, 0) is 47.4 Å². The van der Waals surface area contributed by atoms with E-state index in [2.05, 4.69) is 10.6 Å². The van der Waals surface area contributed by atoms with Gasteiger partial charge in [-0.3, -0.25) is 10.6 Å². The van der Waals surface area contributed by atoms with E-state index in [1.54, 1.807) is 69.2 Å². The minimum absolute atomic E-state index is 0.0718.